The highest BCUT2D eigenvalue weighted by Gasteiger charge is 2.39. The molecule has 4 unspecified atom stereocenters. The van der Waals surface area contributed by atoms with Crippen molar-refractivity contribution in [1.82, 2.24) is 20.9 Å². The van der Waals surface area contributed by atoms with Crippen molar-refractivity contribution >= 4 is 29.6 Å². The number of carboxylic acids is 1. The van der Waals surface area contributed by atoms with E-state index < -0.39 is 47.9 Å². The van der Waals surface area contributed by atoms with E-state index in [1.54, 1.807) is 13.8 Å². The van der Waals surface area contributed by atoms with Crippen molar-refractivity contribution in [2.75, 3.05) is 13.1 Å². The van der Waals surface area contributed by atoms with Crippen LogP contribution in [0.25, 0.3) is 0 Å². The average molecular weight is 440 g/mol. The summed E-state index contributed by atoms with van der Waals surface area (Å²) in [7, 11) is 0. The molecule has 2 aliphatic heterocycles. The van der Waals surface area contributed by atoms with Gasteiger partial charge in [-0.25, -0.2) is 4.79 Å². The Morgan fingerprint density at radius 1 is 1.13 bits per heavy atom. The maximum absolute atomic E-state index is 13.0. The minimum Gasteiger partial charge on any atom is -0.480 e. The first-order valence-corrected chi connectivity index (χ1v) is 10.8. The number of rotatable bonds is 10. The van der Waals surface area contributed by atoms with Crippen molar-refractivity contribution in [1.29, 1.82) is 0 Å². The Labute approximate surface area is 181 Å². The van der Waals surface area contributed by atoms with Gasteiger partial charge in [-0.2, -0.15) is 0 Å². The molecular formula is C20H33N5O6. The highest BCUT2D eigenvalue weighted by molar-refractivity contribution is 5.94. The van der Waals surface area contributed by atoms with Crippen molar-refractivity contribution in [2.24, 2.45) is 11.7 Å². The van der Waals surface area contributed by atoms with Crippen LogP contribution in [0, 0.1) is 5.92 Å². The minimum atomic E-state index is -1.07. The first kappa shape index (κ1) is 24.6. The quantitative estimate of drug-likeness (QED) is 0.282. The lowest BCUT2D eigenvalue weighted by atomic mass is 10.0. The van der Waals surface area contributed by atoms with Crippen LogP contribution in [0.1, 0.15) is 52.4 Å². The Balaban J connectivity index is 2.11. The smallest absolute Gasteiger partial charge is 0.326 e. The highest BCUT2D eigenvalue weighted by Crippen LogP contribution is 2.20. The number of nitrogens with one attached hydrogen (secondary N) is 3. The summed E-state index contributed by atoms with van der Waals surface area (Å²) in [5.74, 6) is -3.41. The van der Waals surface area contributed by atoms with Crippen LogP contribution in [-0.4, -0.2) is 76.9 Å². The van der Waals surface area contributed by atoms with Crippen LogP contribution < -0.4 is 21.7 Å². The second-order valence-corrected chi connectivity index (χ2v) is 8.47. The van der Waals surface area contributed by atoms with Crippen molar-refractivity contribution in [3.8, 4) is 0 Å². The molecule has 4 amide bonds. The lowest BCUT2D eigenvalue weighted by Crippen LogP contribution is -2.58. The second-order valence-electron chi connectivity index (χ2n) is 8.47. The van der Waals surface area contributed by atoms with E-state index in [0.717, 1.165) is 6.42 Å². The van der Waals surface area contributed by atoms with Gasteiger partial charge < -0.3 is 31.7 Å². The second kappa shape index (κ2) is 11.1. The summed E-state index contributed by atoms with van der Waals surface area (Å²) < 4.78 is 0. The van der Waals surface area contributed by atoms with Gasteiger partial charge in [0.2, 0.25) is 23.6 Å². The molecule has 0 aromatic carbocycles. The summed E-state index contributed by atoms with van der Waals surface area (Å²) in [5.41, 5.74) is 5.21. The maximum atomic E-state index is 13.0. The van der Waals surface area contributed by atoms with Crippen molar-refractivity contribution < 1.29 is 29.1 Å². The number of primary amides is 1. The van der Waals surface area contributed by atoms with Crippen LogP contribution in [0.15, 0.2) is 0 Å². The molecule has 31 heavy (non-hydrogen) atoms. The highest BCUT2D eigenvalue weighted by atomic mass is 16.4. The molecule has 0 spiro atoms. The normalized spacial score (nSPS) is 22.7. The SMILES string of the molecule is CC(C)C(NC(=O)C(CCC(N)=O)NC(=O)C1CCCN1)C(=O)N1CCCC1C(=O)O. The molecule has 2 heterocycles. The third kappa shape index (κ3) is 6.65. The topological polar surface area (TPSA) is 171 Å². The maximum Gasteiger partial charge on any atom is 0.326 e. The lowest BCUT2D eigenvalue weighted by molar-refractivity contribution is -0.150. The summed E-state index contributed by atoms with van der Waals surface area (Å²) in [6.07, 6.45) is 2.33. The number of aliphatic carboxylic acids is 1. The number of carbonyl (C=O) groups excluding carboxylic acids is 4. The largest absolute Gasteiger partial charge is 0.480 e. The number of carboxylic acid groups (broad SMARTS) is 1. The fourth-order valence-corrected chi connectivity index (χ4v) is 3.97. The van der Waals surface area contributed by atoms with E-state index in [-0.39, 0.29) is 24.7 Å². The molecule has 0 aromatic rings. The number of carbonyl (C=O) groups is 5. The summed E-state index contributed by atoms with van der Waals surface area (Å²) >= 11 is 0. The Morgan fingerprint density at radius 3 is 2.39 bits per heavy atom. The number of amides is 4. The molecular weight excluding hydrogens is 406 g/mol. The van der Waals surface area contributed by atoms with Gasteiger partial charge in [-0.3, -0.25) is 19.2 Å². The molecule has 0 saturated carbocycles. The molecule has 2 saturated heterocycles. The fourth-order valence-electron chi connectivity index (χ4n) is 3.97. The van der Waals surface area contributed by atoms with Crippen LogP contribution in [0.2, 0.25) is 0 Å². The number of hydrogen-bond acceptors (Lipinski definition) is 6. The van der Waals surface area contributed by atoms with E-state index in [4.69, 9.17) is 5.73 Å². The molecule has 0 radical (unpaired) electrons. The van der Waals surface area contributed by atoms with E-state index >= 15 is 0 Å². The molecule has 0 aromatic heterocycles. The Bertz CT molecular complexity index is 706. The number of nitrogens with zero attached hydrogens (tertiary/aromatic N) is 1. The monoisotopic (exact) mass is 439 g/mol. The van der Waals surface area contributed by atoms with Crippen molar-refractivity contribution in [2.45, 2.75) is 76.5 Å². The van der Waals surface area contributed by atoms with Crippen LogP contribution in [0.3, 0.4) is 0 Å². The minimum absolute atomic E-state index is 0.0000968. The van der Waals surface area contributed by atoms with Crippen molar-refractivity contribution in [3.05, 3.63) is 0 Å². The van der Waals surface area contributed by atoms with Crippen LogP contribution in [0.4, 0.5) is 0 Å². The van der Waals surface area contributed by atoms with Gasteiger partial charge in [0.15, 0.2) is 0 Å². The molecule has 2 rings (SSSR count). The van der Waals surface area contributed by atoms with Gasteiger partial charge >= 0.3 is 5.97 Å². The zero-order valence-corrected chi connectivity index (χ0v) is 18.1. The van der Waals surface area contributed by atoms with Crippen molar-refractivity contribution in [3.63, 3.8) is 0 Å². The van der Waals surface area contributed by atoms with Gasteiger partial charge in [0.05, 0.1) is 6.04 Å². The van der Waals surface area contributed by atoms with Gasteiger partial charge in [-0.05, 0) is 44.6 Å². The molecule has 2 fully saturated rings. The average Bonchev–Trinajstić information content (AvgIpc) is 3.39. The molecule has 2 aliphatic rings. The van der Waals surface area contributed by atoms with Gasteiger partial charge in [0.25, 0.3) is 0 Å². The molecule has 0 aliphatic carbocycles. The summed E-state index contributed by atoms with van der Waals surface area (Å²) in [6, 6.07) is -3.31. The van der Waals surface area contributed by atoms with E-state index in [1.807, 2.05) is 0 Å². The third-order valence-corrected chi connectivity index (χ3v) is 5.74. The summed E-state index contributed by atoms with van der Waals surface area (Å²) in [4.78, 5) is 62.5. The fraction of sp³-hybridized carbons (Fsp3) is 0.750. The molecule has 11 nitrogen and oxygen atoms in total. The summed E-state index contributed by atoms with van der Waals surface area (Å²) in [6.45, 7) is 4.51. The van der Waals surface area contributed by atoms with Gasteiger partial charge in [0, 0.05) is 13.0 Å². The van der Waals surface area contributed by atoms with E-state index in [1.165, 1.54) is 4.90 Å². The Kier molecular flexibility index (Phi) is 8.78. The Hall–Kier alpha value is -2.69. The van der Waals surface area contributed by atoms with Gasteiger partial charge in [-0.15, -0.1) is 0 Å². The number of hydrogen-bond donors (Lipinski definition) is 5. The molecule has 4 atom stereocenters. The number of nitrogens with two attached hydrogens (primary N) is 1. The third-order valence-electron chi connectivity index (χ3n) is 5.74. The molecule has 174 valence electrons. The first-order chi connectivity index (χ1) is 14.6. The van der Waals surface area contributed by atoms with Gasteiger partial charge in [0.1, 0.15) is 18.1 Å². The number of likely N-dealkylation sites (tertiary alicyclic amines) is 1. The van der Waals surface area contributed by atoms with Crippen LogP contribution >= 0.6 is 0 Å². The zero-order valence-electron chi connectivity index (χ0n) is 18.1. The van der Waals surface area contributed by atoms with Gasteiger partial charge in [-0.1, -0.05) is 13.8 Å². The van der Waals surface area contributed by atoms with Crippen LogP contribution in [0.5, 0.6) is 0 Å². The molecule has 6 N–H and O–H groups in total. The van der Waals surface area contributed by atoms with Crippen LogP contribution in [-0.2, 0) is 24.0 Å². The van der Waals surface area contributed by atoms with E-state index in [2.05, 4.69) is 16.0 Å². The standard InChI is InChI=1S/C20H33N5O6/c1-11(2)16(19(29)25-10-4-6-14(25)20(30)31)24-18(28)13(7-8-15(21)26)23-17(27)12-5-3-9-22-12/h11-14,16,22H,3-10H2,1-2H3,(H2,21,26)(H,23,27)(H,24,28)(H,30,31). The summed E-state index contributed by atoms with van der Waals surface area (Å²) in [5, 5.41) is 17.7. The molecule has 11 heteroatoms. The van der Waals surface area contributed by atoms with E-state index in [0.29, 0.717) is 32.4 Å². The zero-order chi connectivity index (χ0) is 23.1. The predicted octanol–water partition coefficient (Wildman–Crippen LogP) is -1.29. The van der Waals surface area contributed by atoms with E-state index in [9.17, 15) is 29.1 Å². The predicted molar refractivity (Wildman–Crippen MR) is 111 cm³/mol. The Morgan fingerprint density at radius 2 is 1.84 bits per heavy atom. The lowest BCUT2D eigenvalue weighted by Gasteiger charge is -2.30. The first-order valence-electron chi connectivity index (χ1n) is 10.8. The molecule has 0 bridgehead atoms.